The molecule has 2 atom stereocenters. The highest BCUT2D eigenvalue weighted by atomic mass is 16.3. The molecule has 0 aliphatic carbocycles. The molecule has 0 aliphatic rings. The molecule has 0 amide bonds. The summed E-state index contributed by atoms with van der Waals surface area (Å²) < 4.78 is 0. The van der Waals surface area contributed by atoms with E-state index in [4.69, 9.17) is 5.73 Å². The summed E-state index contributed by atoms with van der Waals surface area (Å²) in [5, 5.41) is 9.41. The first-order chi connectivity index (χ1) is 5.75. The topological polar surface area (TPSA) is 59.1 Å². The van der Waals surface area contributed by atoms with Gasteiger partial charge in [0.15, 0.2) is 0 Å². The molecular weight excluding hydrogens is 152 g/mol. The van der Waals surface area contributed by atoms with Crippen LogP contribution in [-0.2, 0) is 0 Å². The van der Waals surface area contributed by atoms with Gasteiger partial charge in [-0.1, -0.05) is 13.0 Å². The zero-order chi connectivity index (χ0) is 8.97. The van der Waals surface area contributed by atoms with Crippen LogP contribution in [-0.4, -0.2) is 22.7 Å². The third-order valence-corrected chi connectivity index (χ3v) is 1.97. The highest BCUT2D eigenvalue weighted by molar-refractivity contribution is 5.09. The molecule has 1 heterocycles. The van der Waals surface area contributed by atoms with Gasteiger partial charge >= 0.3 is 0 Å². The molecule has 0 radical (unpaired) electrons. The summed E-state index contributed by atoms with van der Waals surface area (Å²) in [5.74, 6) is 0.0104. The van der Waals surface area contributed by atoms with Crippen LogP contribution in [0, 0.1) is 0 Å². The minimum atomic E-state index is -0.500. The van der Waals surface area contributed by atoms with E-state index in [2.05, 4.69) is 4.98 Å². The fraction of sp³-hybridized carbons (Fsp3) is 0.444. The van der Waals surface area contributed by atoms with Gasteiger partial charge in [-0.15, -0.1) is 0 Å². The quantitative estimate of drug-likeness (QED) is 0.687. The summed E-state index contributed by atoms with van der Waals surface area (Å²) in [5.41, 5.74) is 6.22. The molecule has 3 heteroatoms. The highest BCUT2D eigenvalue weighted by Crippen LogP contribution is 2.15. The number of aromatic nitrogens is 1. The second kappa shape index (κ2) is 4.18. The highest BCUT2D eigenvalue weighted by Gasteiger charge is 2.14. The Morgan fingerprint density at radius 1 is 1.58 bits per heavy atom. The van der Waals surface area contributed by atoms with E-state index in [-0.39, 0.29) is 12.5 Å². The molecule has 1 aromatic heterocycles. The minimum absolute atomic E-state index is 0.0104. The monoisotopic (exact) mass is 166 g/mol. The van der Waals surface area contributed by atoms with E-state index < -0.39 is 6.10 Å². The van der Waals surface area contributed by atoms with Crippen LogP contribution in [0.3, 0.4) is 0 Å². The molecular formula is C9H14N2O. The van der Waals surface area contributed by atoms with Crippen molar-refractivity contribution in [3.05, 3.63) is 30.1 Å². The van der Waals surface area contributed by atoms with Gasteiger partial charge in [-0.05, 0) is 12.1 Å². The zero-order valence-electron chi connectivity index (χ0n) is 7.14. The fourth-order valence-electron chi connectivity index (χ4n) is 1.05. The number of hydrogen-bond acceptors (Lipinski definition) is 3. The number of aliphatic hydroxyl groups is 1. The van der Waals surface area contributed by atoms with E-state index >= 15 is 0 Å². The standard InChI is InChI=1S/C9H14N2O/c1-7(9(12)6-10)8-4-2-3-5-11-8/h2-5,7,9,12H,6,10H2,1H3. The van der Waals surface area contributed by atoms with E-state index in [1.807, 2.05) is 25.1 Å². The molecule has 0 saturated heterocycles. The fourth-order valence-corrected chi connectivity index (χ4v) is 1.05. The van der Waals surface area contributed by atoms with Gasteiger partial charge in [-0.3, -0.25) is 4.98 Å². The first-order valence-electron chi connectivity index (χ1n) is 4.04. The molecule has 0 aliphatic heterocycles. The molecule has 0 bridgehead atoms. The molecule has 66 valence electrons. The maximum atomic E-state index is 9.41. The van der Waals surface area contributed by atoms with E-state index in [0.29, 0.717) is 0 Å². The van der Waals surface area contributed by atoms with Gasteiger partial charge in [0, 0.05) is 24.4 Å². The number of hydrogen-bond donors (Lipinski definition) is 2. The summed E-state index contributed by atoms with van der Waals surface area (Å²) in [4.78, 5) is 4.13. The maximum absolute atomic E-state index is 9.41. The van der Waals surface area contributed by atoms with Crippen LogP contribution < -0.4 is 5.73 Å². The van der Waals surface area contributed by atoms with Crippen LogP contribution in [0.5, 0.6) is 0 Å². The average molecular weight is 166 g/mol. The molecule has 1 aromatic rings. The van der Waals surface area contributed by atoms with Crippen molar-refractivity contribution in [1.29, 1.82) is 0 Å². The zero-order valence-corrected chi connectivity index (χ0v) is 7.14. The van der Waals surface area contributed by atoms with Crippen LogP contribution in [0.25, 0.3) is 0 Å². The van der Waals surface area contributed by atoms with E-state index in [1.165, 1.54) is 0 Å². The number of nitrogens with two attached hydrogens (primary N) is 1. The summed E-state index contributed by atoms with van der Waals surface area (Å²) >= 11 is 0. The van der Waals surface area contributed by atoms with Crippen molar-refractivity contribution >= 4 is 0 Å². The molecule has 0 saturated carbocycles. The first-order valence-corrected chi connectivity index (χ1v) is 4.04. The lowest BCUT2D eigenvalue weighted by molar-refractivity contribution is 0.156. The van der Waals surface area contributed by atoms with Gasteiger partial charge in [0.05, 0.1) is 6.10 Å². The van der Waals surface area contributed by atoms with Crippen molar-refractivity contribution in [2.75, 3.05) is 6.54 Å². The van der Waals surface area contributed by atoms with Crippen molar-refractivity contribution in [3.63, 3.8) is 0 Å². The largest absolute Gasteiger partial charge is 0.391 e. The van der Waals surface area contributed by atoms with Crippen molar-refractivity contribution < 1.29 is 5.11 Å². The summed E-state index contributed by atoms with van der Waals surface area (Å²) in [6.07, 6.45) is 1.22. The van der Waals surface area contributed by atoms with Crippen molar-refractivity contribution in [3.8, 4) is 0 Å². The van der Waals surface area contributed by atoms with Crippen molar-refractivity contribution in [1.82, 2.24) is 4.98 Å². The Bertz CT molecular complexity index is 225. The first kappa shape index (κ1) is 9.16. The predicted octanol–water partition coefficient (Wildman–Crippen LogP) is 0.505. The molecule has 12 heavy (non-hydrogen) atoms. The predicted molar refractivity (Wildman–Crippen MR) is 47.7 cm³/mol. The van der Waals surface area contributed by atoms with Gasteiger partial charge in [0.25, 0.3) is 0 Å². The Balaban J connectivity index is 2.71. The maximum Gasteiger partial charge on any atom is 0.0743 e. The van der Waals surface area contributed by atoms with Crippen molar-refractivity contribution in [2.45, 2.75) is 18.9 Å². The van der Waals surface area contributed by atoms with Gasteiger partial charge in [0.1, 0.15) is 0 Å². The lowest BCUT2D eigenvalue weighted by atomic mass is 10.0. The molecule has 2 unspecified atom stereocenters. The van der Waals surface area contributed by atoms with Crippen LogP contribution >= 0.6 is 0 Å². The lowest BCUT2D eigenvalue weighted by Gasteiger charge is -2.15. The van der Waals surface area contributed by atoms with Crippen LogP contribution in [0.15, 0.2) is 24.4 Å². The van der Waals surface area contributed by atoms with Crippen LogP contribution in [0.4, 0.5) is 0 Å². The Labute approximate surface area is 72.2 Å². The molecule has 1 rings (SSSR count). The van der Waals surface area contributed by atoms with Crippen LogP contribution in [0.2, 0.25) is 0 Å². The van der Waals surface area contributed by atoms with Gasteiger partial charge in [0.2, 0.25) is 0 Å². The van der Waals surface area contributed by atoms with Crippen molar-refractivity contribution in [2.24, 2.45) is 5.73 Å². The smallest absolute Gasteiger partial charge is 0.0743 e. The number of aliphatic hydroxyl groups excluding tert-OH is 1. The SMILES string of the molecule is CC(c1ccccn1)C(O)CN. The second-order valence-corrected chi connectivity index (χ2v) is 2.85. The Kier molecular flexibility index (Phi) is 3.19. The number of pyridine rings is 1. The van der Waals surface area contributed by atoms with E-state index in [1.54, 1.807) is 6.20 Å². The summed E-state index contributed by atoms with van der Waals surface area (Å²) in [7, 11) is 0. The van der Waals surface area contributed by atoms with Gasteiger partial charge in [-0.2, -0.15) is 0 Å². The van der Waals surface area contributed by atoms with E-state index in [0.717, 1.165) is 5.69 Å². The molecule has 3 N–H and O–H groups in total. The summed E-state index contributed by atoms with van der Waals surface area (Å²) in [6, 6.07) is 5.65. The summed E-state index contributed by atoms with van der Waals surface area (Å²) in [6.45, 7) is 2.19. The third-order valence-electron chi connectivity index (χ3n) is 1.97. The Morgan fingerprint density at radius 2 is 2.33 bits per heavy atom. The minimum Gasteiger partial charge on any atom is -0.391 e. The third kappa shape index (κ3) is 2.03. The van der Waals surface area contributed by atoms with E-state index in [9.17, 15) is 5.11 Å². The van der Waals surface area contributed by atoms with Gasteiger partial charge < -0.3 is 10.8 Å². The average Bonchev–Trinajstić information content (AvgIpc) is 2.17. The number of rotatable bonds is 3. The van der Waals surface area contributed by atoms with Crippen LogP contribution in [0.1, 0.15) is 18.5 Å². The second-order valence-electron chi connectivity index (χ2n) is 2.85. The molecule has 0 fully saturated rings. The molecule has 0 aromatic carbocycles. The normalized spacial score (nSPS) is 15.6. The lowest BCUT2D eigenvalue weighted by Crippen LogP contribution is -2.26. The van der Waals surface area contributed by atoms with Gasteiger partial charge in [-0.25, -0.2) is 0 Å². The Hall–Kier alpha value is -0.930. The molecule has 0 spiro atoms. The Morgan fingerprint density at radius 3 is 2.83 bits per heavy atom. The molecule has 3 nitrogen and oxygen atoms in total. The number of nitrogens with zero attached hydrogens (tertiary/aromatic N) is 1.